The minimum absolute atomic E-state index is 0.225. The van der Waals surface area contributed by atoms with Gasteiger partial charge in [-0.05, 0) is 50.6 Å². The summed E-state index contributed by atoms with van der Waals surface area (Å²) in [5.74, 6) is -0.518. The van der Waals surface area contributed by atoms with Crippen molar-refractivity contribution in [2.24, 2.45) is 4.40 Å². The molecule has 2 aliphatic rings. The van der Waals surface area contributed by atoms with E-state index in [1.165, 1.54) is 18.9 Å². The molecule has 0 spiro atoms. The Kier molecular flexibility index (Phi) is 6.22. The van der Waals surface area contributed by atoms with Crippen LogP contribution in [0, 0.1) is 0 Å². The Bertz CT molecular complexity index is 1030. The van der Waals surface area contributed by atoms with Gasteiger partial charge in [0.1, 0.15) is 5.60 Å². The Balaban J connectivity index is 0.000000275. The van der Waals surface area contributed by atoms with Crippen LogP contribution in [0.15, 0.2) is 63.9 Å². The van der Waals surface area contributed by atoms with E-state index in [9.17, 15) is 14.4 Å². The number of hydrogen-bond donors (Lipinski definition) is 0. The van der Waals surface area contributed by atoms with Crippen molar-refractivity contribution in [1.29, 1.82) is 0 Å². The van der Waals surface area contributed by atoms with Crippen LogP contribution in [0.3, 0.4) is 0 Å². The minimum atomic E-state index is -0.328. The molecule has 6 nitrogen and oxygen atoms in total. The fourth-order valence-electron chi connectivity index (χ4n) is 2.94. The lowest BCUT2D eigenvalue weighted by Gasteiger charge is -2.17. The van der Waals surface area contributed by atoms with Crippen molar-refractivity contribution < 1.29 is 19.1 Å². The smallest absolute Gasteiger partial charge is 0.303 e. The third-order valence-corrected chi connectivity index (χ3v) is 4.89. The van der Waals surface area contributed by atoms with Crippen LogP contribution in [-0.4, -0.2) is 34.1 Å². The highest BCUT2D eigenvalue weighted by Crippen LogP contribution is 2.30. The van der Waals surface area contributed by atoms with Crippen LogP contribution in [0.4, 0.5) is 0 Å². The van der Waals surface area contributed by atoms with Gasteiger partial charge in [-0.25, -0.2) is 4.90 Å². The van der Waals surface area contributed by atoms with Crippen molar-refractivity contribution in [3.05, 3.63) is 71.3 Å². The fraction of sp³-hybridized carbons (Fsp3) is 0.217. The lowest BCUT2D eigenvalue weighted by atomic mass is 10.1. The van der Waals surface area contributed by atoms with E-state index in [-0.39, 0.29) is 23.4 Å². The quantitative estimate of drug-likeness (QED) is 0.347. The Morgan fingerprint density at radius 1 is 0.933 bits per heavy atom. The van der Waals surface area contributed by atoms with Crippen LogP contribution in [0.2, 0.25) is 0 Å². The highest BCUT2D eigenvalue weighted by atomic mass is 32.2. The summed E-state index contributed by atoms with van der Waals surface area (Å²) < 4.78 is 9.16. The molecular formula is C23H22N2O4S. The largest absolute Gasteiger partial charge is 0.460 e. The Morgan fingerprint density at radius 2 is 1.50 bits per heavy atom. The molecule has 0 bridgehead atoms. The molecule has 0 N–H and O–H groups in total. The topological polar surface area (TPSA) is 76.0 Å². The van der Waals surface area contributed by atoms with Crippen molar-refractivity contribution in [2.75, 3.05) is 0 Å². The number of ether oxygens (including phenoxy) is 1. The summed E-state index contributed by atoms with van der Waals surface area (Å²) >= 11 is 1.27. The number of benzene rings is 2. The van der Waals surface area contributed by atoms with Crippen LogP contribution in [0.5, 0.6) is 0 Å². The standard InChI is InChI=1S/C17H10N2O2S.C6H12O2/c20-16-12-6-2-3-7-13(12)17(21)19(16)15-10-9-11-5-1-4-8-14(11)22-18-15;1-5(7)8-6(2,3)4/h1-10H;1-4H3. The van der Waals surface area contributed by atoms with Crippen LogP contribution < -0.4 is 0 Å². The molecule has 2 aromatic carbocycles. The Hall–Kier alpha value is -3.19. The third-order valence-electron chi connectivity index (χ3n) is 4.04. The number of hydrogen-bond acceptors (Lipinski definition) is 6. The molecule has 2 aliphatic heterocycles. The molecule has 2 amide bonds. The van der Waals surface area contributed by atoms with Gasteiger partial charge in [-0.1, -0.05) is 36.4 Å². The molecule has 0 radical (unpaired) electrons. The van der Waals surface area contributed by atoms with Gasteiger partial charge in [0.25, 0.3) is 11.8 Å². The van der Waals surface area contributed by atoms with E-state index in [0.29, 0.717) is 17.0 Å². The number of esters is 1. The van der Waals surface area contributed by atoms with Gasteiger partial charge in [-0.15, -0.1) is 0 Å². The first kappa shape index (κ1) is 21.5. The highest BCUT2D eigenvalue weighted by Gasteiger charge is 2.37. The summed E-state index contributed by atoms with van der Waals surface area (Å²) in [6, 6.07) is 14.6. The van der Waals surface area contributed by atoms with Gasteiger partial charge >= 0.3 is 5.97 Å². The van der Waals surface area contributed by atoms with Crippen LogP contribution in [0.1, 0.15) is 54.0 Å². The summed E-state index contributed by atoms with van der Waals surface area (Å²) in [4.78, 5) is 37.3. The second kappa shape index (κ2) is 8.67. The van der Waals surface area contributed by atoms with Crippen molar-refractivity contribution in [2.45, 2.75) is 38.2 Å². The molecule has 0 saturated heterocycles. The number of amides is 2. The van der Waals surface area contributed by atoms with Crippen molar-refractivity contribution in [1.82, 2.24) is 4.90 Å². The normalized spacial score (nSPS) is 14.8. The number of nitrogens with zero attached hydrogens (tertiary/aromatic N) is 2. The molecule has 0 aliphatic carbocycles. The molecule has 0 unspecified atom stereocenters. The van der Waals surface area contributed by atoms with E-state index < -0.39 is 0 Å². The van der Waals surface area contributed by atoms with Crippen molar-refractivity contribution >= 4 is 41.6 Å². The number of imide groups is 1. The molecule has 0 fully saturated rings. The van der Waals surface area contributed by atoms with E-state index in [1.807, 2.05) is 51.1 Å². The molecule has 154 valence electrons. The average molecular weight is 423 g/mol. The first-order valence-electron chi connectivity index (χ1n) is 9.37. The zero-order chi connectivity index (χ0) is 21.9. The summed E-state index contributed by atoms with van der Waals surface area (Å²) in [6.07, 6.45) is 3.58. The van der Waals surface area contributed by atoms with E-state index in [2.05, 4.69) is 4.40 Å². The molecule has 4 rings (SSSR count). The molecule has 0 aromatic heterocycles. The lowest BCUT2D eigenvalue weighted by molar-refractivity contribution is -0.151. The van der Waals surface area contributed by atoms with Crippen LogP contribution in [0.25, 0.3) is 6.08 Å². The molecule has 7 heteroatoms. The zero-order valence-electron chi connectivity index (χ0n) is 17.2. The fourth-order valence-corrected chi connectivity index (χ4v) is 3.65. The van der Waals surface area contributed by atoms with Gasteiger partial charge < -0.3 is 4.74 Å². The van der Waals surface area contributed by atoms with Gasteiger partial charge in [0.05, 0.1) is 11.1 Å². The Labute approximate surface area is 179 Å². The van der Waals surface area contributed by atoms with E-state index in [0.717, 1.165) is 15.4 Å². The van der Waals surface area contributed by atoms with E-state index in [1.54, 1.807) is 30.3 Å². The van der Waals surface area contributed by atoms with Crippen molar-refractivity contribution in [3.8, 4) is 0 Å². The van der Waals surface area contributed by atoms with Gasteiger partial charge in [0, 0.05) is 23.8 Å². The summed E-state index contributed by atoms with van der Waals surface area (Å²) in [5, 5.41) is 0. The summed E-state index contributed by atoms with van der Waals surface area (Å²) in [6.45, 7) is 6.93. The molecule has 2 heterocycles. The second-order valence-corrected chi connectivity index (χ2v) is 8.41. The predicted octanol–water partition coefficient (Wildman–Crippen LogP) is 4.76. The minimum Gasteiger partial charge on any atom is -0.460 e. The molecule has 30 heavy (non-hydrogen) atoms. The van der Waals surface area contributed by atoms with Gasteiger partial charge in [-0.2, -0.15) is 4.40 Å². The Morgan fingerprint density at radius 3 is 2.03 bits per heavy atom. The summed E-state index contributed by atoms with van der Waals surface area (Å²) in [7, 11) is 0. The monoisotopic (exact) mass is 422 g/mol. The predicted molar refractivity (Wildman–Crippen MR) is 117 cm³/mol. The van der Waals surface area contributed by atoms with Crippen LogP contribution in [-0.2, 0) is 9.53 Å². The number of fused-ring (bicyclic) bond motifs is 2. The van der Waals surface area contributed by atoms with E-state index >= 15 is 0 Å². The first-order valence-corrected chi connectivity index (χ1v) is 10.1. The van der Waals surface area contributed by atoms with Gasteiger partial charge in [0.2, 0.25) is 0 Å². The van der Waals surface area contributed by atoms with Gasteiger partial charge in [0.15, 0.2) is 5.84 Å². The molecule has 0 atom stereocenters. The number of rotatable bonds is 0. The van der Waals surface area contributed by atoms with Gasteiger partial charge in [-0.3, -0.25) is 14.4 Å². The first-order chi connectivity index (χ1) is 14.2. The zero-order valence-corrected chi connectivity index (χ0v) is 18.0. The SMILES string of the molecule is CC(=O)OC(C)(C)C.O=C1c2ccccc2C(=O)N1C1=NSc2ccccc2C=C1. The maximum absolute atomic E-state index is 12.5. The number of carbonyl (C=O) groups is 3. The molecule has 0 saturated carbocycles. The van der Waals surface area contributed by atoms with E-state index in [4.69, 9.17) is 4.74 Å². The maximum Gasteiger partial charge on any atom is 0.303 e. The maximum atomic E-state index is 12.5. The molecule has 2 aromatic rings. The second-order valence-electron chi connectivity index (χ2n) is 7.61. The summed E-state index contributed by atoms with van der Waals surface area (Å²) in [5.41, 5.74) is 1.54. The average Bonchev–Trinajstić information content (AvgIpc) is 2.82. The van der Waals surface area contributed by atoms with Crippen molar-refractivity contribution in [3.63, 3.8) is 0 Å². The third kappa shape index (κ3) is 4.86. The number of carbonyl (C=O) groups excluding carboxylic acids is 3. The lowest BCUT2D eigenvalue weighted by Crippen LogP contribution is -2.34. The highest BCUT2D eigenvalue weighted by molar-refractivity contribution is 7.98. The van der Waals surface area contributed by atoms with Crippen LogP contribution >= 0.6 is 11.9 Å². The molecular weight excluding hydrogens is 400 g/mol. The number of amidine groups is 1.